The number of rotatable bonds is 7. The van der Waals surface area contributed by atoms with E-state index >= 15 is 0 Å². The van der Waals surface area contributed by atoms with Crippen molar-refractivity contribution in [3.63, 3.8) is 0 Å². The van der Waals surface area contributed by atoms with Crippen LogP contribution in [0.25, 0.3) is 0 Å². The maximum Gasteiger partial charge on any atom is 0.135 e. The average Bonchev–Trinajstić information content (AvgIpc) is 3.15. The Hall–Kier alpha value is -2.30. The summed E-state index contributed by atoms with van der Waals surface area (Å²) in [7, 11) is 2.08. The minimum absolute atomic E-state index is 0.831. The molecule has 1 fully saturated rings. The van der Waals surface area contributed by atoms with Crippen molar-refractivity contribution in [2.45, 2.75) is 32.6 Å². The Bertz CT molecular complexity index is 634. The first-order chi connectivity index (χ1) is 11.8. The highest BCUT2D eigenvalue weighted by Gasteiger charge is 2.12. The fraction of sp³-hybridized carbons (Fsp3) is 0.474. The Labute approximate surface area is 144 Å². The number of benzene rings is 1. The maximum absolute atomic E-state index is 4.37. The molecule has 1 aromatic heterocycles. The second kappa shape index (κ2) is 7.99. The SMILES string of the molecule is CCCCN(C)c1cc(Nc2ccc(N3CCCC3)cc2)ncn1. The molecule has 0 aliphatic carbocycles. The van der Waals surface area contributed by atoms with Crippen LogP contribution in [0, 0.1) is 0 Å². The summed E-state index contributed by atoms with van der Waals surface area (Å²) in [5, 5.41) is 3.38. The number of unbranched alkanes of at least 4 members (excludes halogenated alkanes) is 1. The molecule has 1 aliphatic rings. The quantitative estimate of drug-likeness (QED) is 0.832. The van der Waals surface area contributed by atoms with Gasteiger partial charge in [-0.1, -0.05) is 13.3 Å². The summed E-state index contributed by atoms with van der Waals surface area (Å²) in [5.41, 5.74) is 2.36. The molecule has 3 rings (SSSR count). The van der Waals surface area contributed by atoms with Gasteiger partial charge in [0, 0.05) is 44.1 Å². The second-order valence-electron chi connectivity index (χ2n) is 6.40. The molecular formula is C19H27N5. The standard InChI is InChI=1S/C19H27N5/c1-3-4-11-23(2)19-14-18(20-15-21-19)22-16-7-9-17(10-8-16)24-12-5-6-13-24/h7-10,14-15H,3-6,11-13H2,1-2H3,(H,20,21,22). The number of aromatic nitrogens is 2. The molecule has 5 nitrogen and oxygen atoms in total. The minimum Gasteiger partial charge on any atom is -0.372 e. The van der Waals surface area contributed by atoms with E-state index in [0.717, 1.165) is 23.9 Å². The van der Waals surface area contributed by atoms with Gasteiger partial charge in [-0.2, -0.15) is 0 Å². The first-order valence-corrected chi connectivity index (χ1v) is 8.91. The lowest BCUT2D eigenvalue weighted by molar-refractivity contribution is 0.758. The lowest BCUT2D eigenvalue weighted by atomic mass is 10.2. The molecule has 2 heterocycles. The molecule has 0 spiro atoms. The van der Waals surface area contributed by atoms with Crippen molar-refractivity contribution in [1.82, 2.24) is 9.97 Å². The zero-order valence-corrected chi connectivity index (χ0v) is 14.7. The third kappa shape index (κ3) is 4.16. The average molecular weight is 325 g/mol. The highest BCUT2D eigenvalue weighted by atomic mass is 15.2. The second-order valence-corrected chi connectivity index (χ2v) is 6.40. The van der Waals surface area contributed by atoms with Crippen molar-refractivity contribution < 1.29 is 0 Å². The largest absolute Gasteiger partial charge is 0.372 e. The van der Waals surface area contributed by atoms with Crippen molar-refractivity contribution in [3.05, 3.63) is 36.7 Å². The Morgan fingerprint density at radius 2 is 1.88 bits per heavy atom. The summed E-state index contributed by atoms with van der Waals surface area (Å²) < 4.78 is 0. The molecule has 0 saturated carbocycles. The van der Waals surface area contributed by atoms with Crippen LogP contribution in [-0.4, -0.2) is 36.6 Å². The normalized spacial score (nSPS) is 14.0. The van der Waals surface area contributed by atoms with Gasteiger partial charge in [0.25, 0.3) is 0 Å². The summed E-state index contributed by atoms with van der Waals surface area (Å²) >= 11 is 0. The molecule has 128 valence electrons. The highest BCUT2D eigenvalue weighted by Crippen LogP contribution is 2.24. The lowest BCUT2D eigenvalue weighted by Crippen LogP contribution is -2.19. The predicted molar refractivity (Wildman–Crippen MR) is 101 cm³/mol. The molecule has 0 bridgehead atoms. The Kier molecular flexibility index (Phi) is 5.51. The van der Waals surface area contributed by atoms with Crippen LogP contribution in [-0.2, 0) is 0 Å². The van der Waals surface area contributed by atoms with Crippen LogP contribution >= 0.6 is 0 Å². The third-order valence-corrected chi connectivity index (χ3v) is 4.50. The molecule has 24 heavy (non-hydrogen) atoms. The van der Waals surface area contributed by atoms with Crippen molar-refractivity contribution in [3.8, 4) is 0 Å². The number of nitrogens with zero attached hydrogens (tertiary/aromatic N) is 4. The predicted octanol–water partition coefficient (Wildman–Crippen LogP) is 4.06. The summed E-state index contributed by atoms with van der Waals surface area (Å²) in [6, 6.07) is 10.6. The molecule has 0 unspecified atom stereocenters. The lowest BCUT2D eigenvalue weighted by Gasteiger charge is -2.19. The van der Waals surface area contributed by atoms with Crippen LogP contribution in [0.5, 0.6) is 0 Å². The van der Waals surface area contributed by atoms with Crippen molar-refractivity contribution in [2.75, 3.05) is 41.8 Å². The van der Waals surface area contributed by atoms with E-state index in [-0.39, 0.29) is 0 Å². The van der Waals surface area contributed by atoms with Gasteiger partial charge in [-0.25, -0.2) is 9.97 Å². The summed E-state index contributed by atoms with van der Waals surface area (Å²) in [5.74, 6) is 1.78. The van der Waals surface area contributed by atoms with Crippen molar-refractivity contribution in [2.24, 2.45) is 0 Å². The summed E-state index contributed by atoms with van der Waals surface area (Å²) in [6.45, 7) is 5.56. The fourth-order valence-corrected chi connectivity index (χ4v) is 3.01. The van der Waals surface area contributed by atoms with Gasteiger partial charge < -0.3 is 15.1 Å². The molecule has 0 radical (unpaired) electrons. The van der Waals surface area contributed by atoms with E-state index in [2.05, 4.69) is 63.3 Å². The first-order valence-electron chi connectivity index (χ1n) is 8.91. The van der Waals surface area contributed by atoms with Gasteiger partial charge >= 0.3 is 0 Å². The van der Waals surface area contributed by atoms with Gasteiger partial charge in [0.15, 0.2) is 0 Å². The van der Waals surface area contributed by atoms with Gasteiger partial charge in [0.1, 0.15) is 18.0 Å². The molecule has 1 saturated heterocycles. The van der Waals surface area contributed by atoms with E-state index in [0.29, 0.717) is 0 Å². The molecule has 1 aromatic carbocycles. The molecule has 5 heteroatoms. The fourth-order valence-electron chi connectivity index (χ4n) is 3.01. The first kappa shape index (κ1) is 16.6. The van der Waals surface area contributed by atoms with Gasteiger partial charge in [-0.15, -0.1) is 0 Å². The van der Waals surface area contributed by atoms with Crippen LogP contribution in [0.3, 0.4) is 0 Å². The molecule has 1 aliphatic heterocycles. The molecule has 1 N–H and O–H groups in total. The smallest absolute Gasteiger partial charge is 0.135 e. The summed E-state index contributed by atoms with van der Waals surface area (Å²) in [4.78, 5) is 13.3. The van der Waals surface area contributed by atoms with Crippen LogP contribution in [0.1, 0.15) is 32.6 Å². The van der Waals surface area contributed by atoms with E-state index in [4.69, 9.17) is 0 Å². The van der Waals surface area contributed by atoms with E-state index in [1.807, 2.05) is 6.07 Å². The third-order valence-electron chi connectivity index (χ3n) is 4.50. The number of nitrogens with one attached hydrogen (secondary N) is 1. The number of anilines is 4. The Morgan fingerprint density at radius 3 is 2.58 bits per heavy atom. The maximum atomic E-state index is 4.37. The van der Waals surface area contributed by atoms with E-state index in [1.54, 1.807) is 6.33 Å². The Balaban J connectivity index is 1.65. The summed E-state index contributed by atoms with van der Waals surface area (Å²) in [6.07, 6.45) is 6.58. The van der Waals surface area contributed by atoms with Crippen molar-refractivity contribution in [1.29, 1.82) is 0 Å². The van der Waals surface area contributed by atoms with Crippen LogP contribution in [0.4, 0.5) is 23.0 Å². The minimum atomic E-state index is 0.831. The number of hydrogen-bond acceptors (Lipinski definition) is 5. The van der Waals surface area contributed by atoms with Gasteiger partial charge in [-0.3, -0.25) is 0 Å². The van der Waals surface area contributed by atoms with E-state index < -0.39 is 0 Å². The van der Waals surface area contributed by atoms with Crippen LogP contribution in [0.15, 0.2) is 36.7 Å². The van der Waals surface area contributed by atoms with Gasteiger partial charge in [-0.05, 0) is 43.5 Å². The molecular weight excluding hydrogens is 298 g/mol. The van der Waals surface area contributed by atoms with Crippen LogP contribution < -0.4 is 15.1 Å². The number of hydrogen-bond donors (Lipinski definition) is 1. The van der Waals surface area contributed by atoms with Gasteiger partial charge in [0.2, 0.25) is 0 Å². The molecule has 2 aromatic rings. The highest BCUT2D eigenvalue weighted by molar-refractivity contribution is 5.62. The Morgan fingerprint density at radius 1 is 1.12 bits per heavy atom. The zero-order valence-electron chi connectivity index (χ0n) is 14.7. The zero-order chi connectivity index (χ0) is 16.8. The van der Waals surface area contributed by atoms with Crippen LogP contribution in [0.2, 0.25) is 0 Å². The van der Waals surface area contributed by atoms with Crippen molar-refractivity contribution >= 4 is 23.0 Å². The molecule has 0 amide bonds. The molecule has 0 atom stereocenters. The monoisotopic (exact) mass is 325 g/mol. The van der Waals surface area contributed by atoms with Gasteiger partial charge in [0.05, 0.1) is 0 Å². The van der Waals surface area contributed by atoms with E-state index in [9.17, 15) is 0 Å². The topological polar surface area (TPSA) is 44.3 Å². The van der Waals surface area contributed by atoms with E-state index in [1.165, 1.54) is 44.5 Å².